The van der Waals surface area contributed by atoms with Crippen molar-refractivity contribution in [1.29, 1.82) is 0 Å². The molecule has 8 aromatic carbocycles. The Kier molecular flexibility index (Phi) is 6.01. The van der Waals surface area contributed by atoms with Crippen LogP contribution >= 0.6 is 0 Å². The molecule has 0 unspecified atom stereocenters. The lowest BCUT2D eigenvalue weighted by Crippen LogP contribution is -2.16. The minimum atomic E-state index is -0.142. The van der Waals surface area contributed by atoms with E-state index in [0.29, 0.717) is 0 Å². The first-order valence-corrected chi connectivity index (χ1v) is 17.9. The van der Waals surface area contributed by atoms with Crippen LogP contribution in [-0.2, 0) is 5.41 Å². The average molecular weight is 668 g/mol. The zero-order valence-electron chi connectivity index (χ0n) is 28.9. The molecule has 3 nitrogen and oxygen atoms in total. The number of hydrogen-bond acceptors (Lipinski definition) is 3. The molecule has 0 saturated heterocycles. The first-order valence-electron chi connectivity index (χ1n) is 17.9. The van der Waals surface area contributed by atoms with E-state index in [1.54, 1.807) is 0 Å². The molecule has 2 heterocycles. The molecular weight excluding hydrogens is 635 g/mol. The van der Waals surface area contributed by atoms with Crippen molar-refractivity contribution >= 4 is 71.7 Å². The third-order valence-electron chi connectivity index (χ3n) is 11.3. The van der Waals surface area contributed by atoms with Gasteiger partial charge >= 0.3 is 0 Å². The summed E-state index contributed by atoms with van der Waals surface area (Å²) in [5.41, 5.74) is 14.1. The molecule has 0 N–H and O–H groups in total. The Balaban J connectivity index is 1.20. The summed E-state index contributed by atoms with van der Waals surface area (Å²) >= 11 is 0. The molecule has 0 atom stereocenters. The molecule has 0 amide bonds. The van der Waals surface area contributed by atoms with Gasteiger partial charge in [0.2, 0.25) is 0 Å². The number of rotatable bonds is 4. The highest BCUT2D eigenvalue weighted by Gasteiger charge is 2.36. The Morgan fingerprint density at radius 1 is 0.423 bits per heavy atom. The smallest absolute Gasteiger partial charge is 0.159 e. The van der Waals surface area contributed by atoms with E-state index in [1.165, 1.54) is 44.2 Å². The average Bonchev–Trinajstić information content (AvgIpc) is 3.83. The van der Waals surface area contributed by atoms with E-state index in [1.807, 2.05) is 12.1 Å². The maximum Gasteiger partial charge on any atom is 0.159 e. The molecule has 1 aliphatic rings. The van der Waals surface area contributed by atoms with E-state index in [0.717, 1.165) is 60.9 Å². The van der Waals surface area contributed by atoms with Crippen LogP contribution in [0, 0.1) is 0 Å². The summed E-state index contributed by atoms with van der Waals surface area (Å²) < 4.78 is 13.3. The zero-order chi connectivity index (χ0) is 34.6. The predicted molar refractivity (Wildman–Crippen MR) is 216 cm³/mol. The van der Waals surface area contributed by atoms with E-state index < -0.39 is 0 Å². The van der Waals surface area contributed by atoms with Crippen LogP contribution in [0.1, 0.15) is 25.0 Å². The number of furan rings is 2. The summed E-state index contributed by atoms with van der Waals surface area (Å²) in [5, 5.41) is 6.81. The fourth-order valence-corrected chi connectivity index (χ4v) is 8.79. The van der Waals surface area contributed by atoms with Crippen LogP contribution < -0.4 is 4.90 Å². The van der Waals surface area contributed by atoms with Crippen molar-refractivity contribution in [3.05, 3.63) is 175 Å². The number of benzene rings is 8. The Morgan fingerprint density at radius 3 is 1.98 bits per heavy atom. The number of anilines is 3. The van der Waals surface area contributed by atoms with Gasteiger partial charge in [0.05, 0.1) is 5.69 Å². The fraction of sp³-hybridized carbons (Fsp3) is 0.0612. The van der Waals surface area contributed by atoms with E-state index in [4.69, 9.17) is 8.83 Å². The van der Waals surface area contributed by atoms with Crippen LogP contribution in [0.25, 0.3) is 76.9 Å². The standard InChI is InChI=1S/C49H33NO2/c1-49(2)41-20-10-8-16-34(41)35-25-23-32(28-42(35)49)50(31-24-26-45-40(27-31)36-17-9-11-22-44(36)51-45)43-21-12-19-38-47-37-18-7-6-15-33(37)39(29-46(47)52-48(38)43)30-13-4-3-5-14-30/h3-29H,1-2H3. The Bertz CT molecular complexity index is 3050. The number of para-hydroxylation sites is 2. The fourth-order valence-electron chi connectivity index (χ4n) is 8.79. The largest absolute Gasteiger partial charge is 0.456 e. The molecule has 52 heavy (non-hydrogen) atoms. The van der Waals surface area contributed by atoms with Crippen LogP contribution in [0.4, 0.5) is 17.1 Å². The quantitative estimate of drug-likeness (QED) is 0.187. The van der Waals surface area contributed by atoms with Gasteiger partial charge < -0.3 is 13.7 Å². The molecule has 0 fully saturated rings. The van der Waals surface area contributed by atoms with Crippen molar-refractivity contribution in [2.24, 2.45) is 0 Å². The first-order chi connectivity index (χ1) is 25.5. The summed E-state index contributed by atoms with van der Waals surface area (Å²) in [5.74, 6) is 0. The highest BCUT2D eigenvalue weighted by Crippen LogP contribution is 2.52. The van der Waals surface area contributed by atoms with Crippen molar-refractivity contribution in [2.45, 2.75) is 19.3 Å². The molecule has 2 aromatic heterocycles. The van der Waals surface area contributed by atoms with Gasteiger partial charge in [-0.05, 0) is 92.7 Å². The lowest BCUT2D eigenvalue weighted by Gasteiger charge is -2.28. The van der Waals surface area contributed by atoms with Crippen LogP contribution in [-0.4, -0.2) is 0 Å². The van der Waals surface area contributed by atoms with Gasteiger partial charge in [-0.25, -0.2) is 0 Å². The Morgan fingerprint density at radius 2 is 1.10 bits per heavy atom. The lowest BCUT2D eigenvalue weighted by atomic mass is 9.82. The number of hydrogen-bond donors (Lipinski definition) is 0. The molecule has 0 saturated carbocycles. The zero-order valence-corrected chi connectivity index (χ0v) is 28.9. The summed E-state index contributed by atoms with van der Waals surface area (Å²) in [6, 6.07) is 58.7. The second kappa shape index (κ2) is 10.7. The molecule has 10 aromatic rings. The number of fused-ring (bicyclic) bond motifs is 11. The van der Waals surface area contributed by atoms with Gasteiger partial charge in [-0.2, -0.15) is 0 Å². The van der Waals surface area contributed by atoms with Gasteiger partial charge in [0.25, 0.3) is 0 Å². The Labute approximate surface area is 301 Å². The molecular formula is C49H33NO2. The second-order valence-corrected chi connectivity index (χ2v) is 14.5. The second-order valence-electron chi connectivity index (χ2n) is 14.5. The van der Waals surface area contributed by atoms with Crippen molar-refractivity contribution < 1.29 is 8.83 Å². The molecule has 1 aliphatic carbocycles. The van der Waals surface area contributed by atoms with Gasteiger partial charge in [0, 0.05) is 38.3 Å². The van der Waals surface area contributed by atoms with Crippen LogP contribution in [0.15, 0.2) is 173 Å². The van der Waals surface area contributed by atoms with Crippen molar-refractivity contribution in [1.82, 2.24) is 0 Å². The lowest BCUT2D eigenvalue weighted by molar-refractivity contribution is 0.660. The normalized spacial score (nSPS) is 13.3. The highest BCUT2D eigenvalue weighted by atomic mass is 16.3. The van der Waals surface area contributed by atoms with Gasteiger partial charge in [-0.15, -0.1) is 0 Å². The molecule has 0 spiro atoms. The molecule has 0 aliphatic heterocycles. The van der Waals surface area contributed by atoms with Crippen molar-refractivity contribution in [2.75, 3.05) is 4.90 Å². The monoisotopic (exact) mass is 667 g/mol. The maximum atomic E-state index is 7.04. The van der Waals surface area contributed by atoms with E-state index in [2.05, 4.69) is 170 Å². The van der Waals surface area contributed by atoms with Crippen LogP contribution in [0.5, 0.6) is 0 Å². The minimum absolute atomic E-state index is 0.142. The molecule has 0 radical (unpaired) electrons. The summed E-state index contributed by atoms with van der Waals surface area (Å²) in [4.78, 5) is 2.37. The van der Waals surface area contributed by atoms with E-state index in [-0.39, 0.29) is 5.41 Å². The van der Waals surface area contributed by atoms with Gasteiger partial charge in [0.15, 0.2) is 5.58 Å². The molecule has 246 valence electrons. The molecule has 3 heteroatoms. The third-order valence-corrected chi connectivity index (χ3v) is 11.3. The first kappa shape index (κ1) is 29.2. The van der Waals surface area contributed by atoms with Crippen molar-refractivity contribution in [3.8, 4) is 22.3 Å². The third kappa shape index (κ3) is 4.08. The topological polar surface area (TPSA) is 29.5 Å². The molecule has 0 bridgehead atoms. The van der Waals surface area contributed by atoms with E-state index >= 15 is 0 Å². The van der Waals surface area contributed by atoms with Gasteiger partial charge in [0.1, 0.15) is 16.7 Å². The maximum absolute atomic E-state index is 7.04. The number of nitrogens with zero attached hydrogens (tertiary/aromatic N) is 1. The Hall–Kier alpha value is -6.58. The minimum Gasteiger partial charge on any atom is -0.456 e. The van der Waals surface area contributed by atoms with Gasteiger partial charge in [-0.3, -0.25) is 0 Å². The summed E-state index contributed by atoms with van der Waals surface area (Å²) in [6.45, 7) is 4.68. The van der Waals surface area contributed by atoms with Gasteiger partial charge in [-0.1, -0.05) is 129 Å². The van der Waals surface area contributed by atoms with E-state index in [9.17, 15) is 0 Å². The summed E-state index contributed by atoms with van der Waals surface area (Å²) in [6.07, 6.45) is 0. The van der Waals surface area contributed by atoms with Crippen LogP contribution in [0.3, 0.4) is 0 Å². The SMILES string of the molecule is CC1(C)c2ccccc2-c2ccc(N(c3ccc4oc5ccccc5c4c3)c3cccc4c3oc3cc(-c5ccccc5)c5ccccc5c34)cc21. The summed E-state index contributed by atoms with van der Waals surface area (Å²) in [7, 11) is 0. The predicted octanol–water partition coefficient (Wildman–Crippen LogP) is 14.1. The van der Waals surface area contributed by atoms with Crippen molar-refractivity contribution in [3.63, 3.8) is 0 Å². The van der Waals surface area contributed by atoms with Crippen LogP contribution in [0.2, 0.25) is 0 Å². The molecule has 11 rings (SSSR count). The highest BCUT2D eigenvalue weighted by molar-refractivity contribution is 6.23.